The third kappa shape index (κ3) is 2.53. The van der Waals surface area contributed by atoms with Crippen molar-refractivity contribution in [1.82, 2.24) is 35.3 Å². The fourth-order valence-corrected chi connectivity index (χ4v) is 3.94. The number of nitrogens with zero attached hydrogens (tertiary/aromatic N) is 6. The molecule has 0 aliphatic heterocycles. The number of H-pyrrole nitrogens is 1. The maximum atomic E-state index is 4.52. The Morgan fingerprint density at radius 3 is 3.04 bits per heavy atom. The molecule has 5 aromatic rings. The van der Waals surface area contributed by atoms with Gasteiger partial charge in [0, 0.05) is 22.0 Å². The Morgan fingerprint density at radius 2 is 2.12 bits per heavy atom. The summed E-state index contributed by atoms with van der Waals surface area (Å²) in [5.74, 6) is 0. The van der Waals surface area contributed by atoms with Crippen LogP contribution in [0.1, 0.15) is 0 Å². The van der Waals surface area contributed by atoms with E-state index in [2.05, 4.69) is 46.9 Å². The molecule has 5 rings (SSSR count). The maximum absolute atomic E-state index is 4.52. The minimum atomic E-state index is 0.809. The van der Waals surface area contributed by atoms with Gasteiger partial charge in [0.25, 0.3) is 0 Å². The van der Waals surface area contributed by atoms with Crippen molar-refractivity contribution >= 4 is 44.3 Å². The highest BCUT2D eigenvalue weighted by Crippen LogP contribution is 2.34. The summed E-state index contributed by atoms with van der Waals surface area (Å²) in [6.07, 6.45) is 5.03. The average molecular weight is 362 g/mol. The third-order valence-corrected chi connectivity index (χ3v) is 5.25. The van der Waals surface area contributed by atoms with Gasteiger partial charge in [-0.25, -0.2) is 19.9 Å². The molecule has 1 aromatic carbocycles. The first-order valence-corrected chi connectivity index (χ1v) is 8.92. The Morgan fingerprint density at radius 1 is 1.12 bits per heavy atom. The predicted octanol–water partition coefficient (Wildman–Crippen LogP) is 3.37. The minimum absolute atomic E-state index is 0.809. The lowest BCUT2D eigenvalue weighted by Gasteiger charge is -2.07. The molecular weight excluding hydrogens is 354 g/mol. The molecule has 0 amide bonds. The fourth-order valence-electron chi connectivity index (χ4n) is 2.60. The van der Waals surface area contributed by atoms with Crippen LogP contribution in [0.4, 0.5) is 0 Å². The van der Waals surface area contributed by atoms with Crippen molar-refractivity contribution in [3.63, 3.8) is 0 Å². The average Bonchev–Trinajstić information content (AvgIpc) is 3.32. The van der Waals surface area contributed by atoms with Crippen LogP contribution in [-0.2, 0) is 0 Å². The number of nitrogens with one attached hydrogen (secondary N) is 1. The molecule has 0 fully saturated rings. The van der Waals surface area contributed by atoms with E-state index in [1.54, 1.807) is 30.5 Å². The van der Waals surface area contributed by atoms with E-state index < -0.39 is 0 Å². The lowest BCUT2D eigenvalue weighted by atomic mass is 10.1. The summed E-state index contributed by atoms with van der Waals surface area (Å²) in [7, 11) is 0. The molecule has 1 N–H and O–H groups in total. The van der Waals surface area contributed by atoms with Crippen LogP contribution in [0.2, 0.25) is 0 Å². The van der Waals surface area contributed by atoms with E-state index in [9.17, 15) is 0 Å². The van der Waals surface area contributed by atoms with E-state index >= 15 is 0 Å². The largest absolute Gasteiger partial charge is 0.251 e. The second kappa shape index (κ2) is 5.87. The van der Waals surface area contributed by atoms with Gasteiger partial charge in [0.2, 0.25) is 0 Å². The minimum Gasteiger partial charge on any atom is -0.251 e. The van der Waals surface area contributed by atoms with Crippen LogP contribution in [0.3, 0.4) is 0 Å². The fraction of sp³-hybridized carbons (Fsp3) is 0. The number of aromatic nitrogens is 7. The molecule has 0 spiro atoms. The van der Waals surface area contributed by atoms with E-state index in [0.717, 1.165) is 42.4 Å². The summed E-state index contributed by atoms with van der Waals surface area (Å²) in [5, 5.41) is 12.2. The Kier molecular flexibility index (Phi) is 3.39. The molecule has 4 heterocycles. The highest BCUT2D eigenvalue weighted by atomic mass is 32.2. The van der Waals surface area contributed by atoms with Crippen LogP contribution in [0, 0.1) is 5.51 Å². The van der Waals surface area contributed by atoms with Gasteiger partial charge >= 0.3 is 0 Å². The number of fused-ring (bicyclic) bond motifs is 2. The van der Waals surface area contributed by atoms with Gasteiger partial charge in [0.05, 0.1) is 17.4 Å². The molecule has 1 radical (unpaired) electrons. The lowest BCUT2D eigenvalue weighted by Crippen LogP contribution is -1.91. The summed E-state index contributed by atoms with van der Waals surface area (Å²) in [5.41, 5.74) is 6.35. The highest BCUT2D eigenvalue weighted by Gasteiger charge is 2.13. The van der Waals surface area contributed by atoms with E-state index in [1.165, 1.54) is 11.3 Å². The monoisotopic (exact) mass is 362 g/mol. The van der Waals surface area contributed by atoms with Gasteiger partial charge in [-0.2, -0.15) is 0 Å². The van der Waals surface area contributed by atoms with Crippen LogP contribution in [-0.4, -0.2) is 35.3 Å². The van der Waals surface area contributed by atoms with Gasteiger partial charge in [-0.05, 0) is 24.3 Å². The molecule has 4 aromatic heterocycles. The van der Waals surface area contributed by atoms with Gasteiger partial charge in [-0.15, -0.1) is 5.10 Å². The predicted molar refractivity (Wildman–Crippen MR) is 95.3 cm³/mol. The standard InChI is InChI=1S/C16H8N7S2/c1-2-12-11(5-9(1)25-13-6-21-23-22-13)14(19-7-18-12)10-3-4-17-16-15(10)20-8-24-16/h1-7H,(H,21,22,23). The second-order valence-corrected chi connectivity index (χ2v) is 7.03. The van der Waals surface area contributed by atoms with Crippen molar-refractivity contribution in [1.29, 1.82) is 0 Å². The van der Waals surface area contributed by atoms with Crippen molar-refractivity contribution in [3.05, 3.63) is 48.5 Å². The van der Waals surface area contributed by atoms with Crippen LogP contribution in [0.25, 0.3) is 32.5 Å². The Labute approximate surface area is 149 Å². The molecule has 0 unspecified atom stereocenters. The Balaban J connectivity index is 1.71. The summed E-state index contributed by atoms with van der Waals surface area (Å²) in [4.78, 5) is 19.4. The highest BCUT2D eigenvalue weighted by molar-refractivity contribution is 7.99. The molecule has 0 saturated heterocycles. The zero-order valence-electron chi connectivity index (χ0n) is 12.5. The molecule has 7 nitrogen and oxygen atoms in total. The van der Waals surface area contributed by atoms with E-state index in [-0.39, 0.29) is 0 Å². The number of pyridine rings is 1. The molecule has 0 aliphatic rings. The molecular formula is C16H8N7S2. The van der Waals surface area contributed by atoms with Crippen molar-refractivity contribution in [2.75, 3.05) is 0 Å². The zero-order chi connectivity index (χ0) is 16.6. The first-order chi connectivity index (χ1) is 12.4. The van der Waals surface area contributed by atoms with E-state index in [4.69, 9.17) is 0 Å². The Hall–Kier alpha value is -2.91. The van der Waals surface area contributed by atoms with Crippen LogP contribution >= 0.6 is 23.1 Å². The summed E-state index contributed by atoms with van der Waals surface area (Å²) >= 11 is 2.94. The van der Waals surface area contributed by atoms with Crippen LogP contribution in [0.5, 0.6) is 0 Å². The molecule has 0 saturated carbocycles. The second-order valence-electron chi connectivity index (χ2n) is 5.14. The number of rotatable bonds is 3. The van der Waals surface area contributed by atoms with Gasteiger partial charge in [0.15, 0.2) is 5.51 Å². The number of hydrogen-bond donors (Lipinski definition) is 1. The summed E-state index contributed by atoms with van der Waals surface area (Å²) < 4.78 is 0. The number of hydrogen-bond acceptors (Lipinski definition) is 8. The lowest BCUT2D eigenvalue weighted by molar-refractivity contribution is 0.911. The van der Waals surface area contributed by atoms with Crippen molar-refractivity contribution < 1.29 is 0 Å². The van der Waals surface area contributed by atoms with Crippen LogP contribution < -0.4 is 0 Å². The molecule has 0 aliphatic carbocycles. The topological polar surface area (TPSA) is 93.1 Å². The van der Waals surface area contributed by atoms with E-state index in [1.807, 2.05) is 18.2 Å². The first-order valence-electron chi connectivity index (χ1n) is 7.29. The third-order valence-electron chi connectivity index (χ3n) is 3.67. The maximum Gasteiger partial charge on any atom is 0.155 e. The SMILES string of the molecule is [c]1nc2c(-c3ncnc4ccc(Sc5cnn[nH]5)cc34)ccnc2s1. The molecule has 0 atom stereocenters. The quantitative estimate of drug-likeness (QED) is 0.526. The van der Waals surface area contributed by atoms with Crippen LogP contribution in [0.15, 0.2) is 52.9 Å². The van der Waals surface area contributed by atoms with Crippen molar-refractivity contribution in [3.8, 4) is 11.3 Å². The molecule has 25 heavy (non-hydrogen) atoms. The smallest absolute Gasteiger partial charge is 0.155 e. The van der Waals surface area contributed by atoms with Gasteiger partial charge in [0.1, 0.15) is 21.7 Å². The molecule has 119 valence electrons. The van der Waals surface area contributed by atoms with Crippen molar-refractivity contribution in [2.45, 2.75) is 9.92 Å². The number of aromatic amines is 1. The summed E-state index contributed by atoms with van der Waals surface area (Å²) in [6.45, 7) is 0. The zero-order valence-corrected chi connectivity index (χ0v) is 14.2. The molecule has 9 heteroatoms. The van der Waals surface area contributed by atoms with Crippen molar-refractivity contribution in [2.24, 2.45) is 0 Å². The van der Waals surface area contributed by atoms with Gasteiger partial charge in [-0.3, -0.25) is 5.10 Å². The normalized spacial score (nSPS) is 11.4. The number of benzene rings is 1. The molecule has 0 bridgehead atoms. The first kappa shape index (κ1) is 14.4. The summed E-state index contributed by atoms with van der Waals surface area (Å²) in [6, 6.07) is 8.00. The Bertz CT molecular complexity index is 1180. The number of thiazole rings is 1. The van der Waals surface area contributed by atoms with E-state index in [0.29, 0.717) is 0 Å². The van der Waals surface area contributed by atoms with Gasteiger partial charge in [-0.1, -0.05) is 28.3 Å². The van der Waals surface area contributed by atoms with Gasteiger partial charge < -0.3 is 0 Å².